The fourth-order valence-corrected chi connectivity index (χ4v) is 2.46. The monoisotopic (exact) mass is 361 g/mol. The van der Waals surface area contributed by atoms with Gasteiger partial charge >= 0.3 is 0 Å². The van der Waals surface area contributed by atoms with Gasteiger partial charge in [0.25, 0.3) is 0 Å². The molecule has 0 aliphatic heterocycles. The van der Waals surface area contributed by atoms with E-state index in [1.165, 1.54) is 19.4 Å². The predicted molar refractivity (Wildman–Crippen MR) is 83.4 cm³/mol. The molecule has 112 valence electrons. The Morgan fingerprint density at radius 2 is 2.32 bits per heavy atom. The van der Waals surface area contributed by atoms with Crippen molar-refractivity contribution < 1.29 is 14.3 Å². The third-order valence-electron chi connectivity index (χ3n) is 3.07. The zero-order valence-electron chi connectivity index (χ0n) is 11.7. The third kappa shape index (κ3) is 2.80. The van der Waals surface area contributed by atoms with Gasteiger partial charge in [0.15, 0.2) is 11.9 Å². The number of pyridine rings is 2. The summed E-state index contributed by atoms with van der Waals surface area (Å²) in [6.45, 7) is 0.239. The number of ether oxygens (including phenoxy) is 2. The van der Waals surface area contributed by atoms with Crippen molar-refractivity contribution in [2.45, 2.75) is 6.61 Å². The van der Waals surface area contributed by atoms with Crippen LogP contribution in [-0.4, -0.2) is 27.8 Å². The lowest BCUT2D eigenvalue weighted by Crippen LogP contribution is -2.00. The number of halogens is 1. The normalized spacial score (nSPS) is 10.6. The van der Waals surface area contributed by atoms with E-state index in [1.807, 2.05) is 28.9 Å². The lowest BCUT2D eigenvalue weighted by Gasteiger charge is -2.07. The Morgan fingerprint density at radius 1 is 1.45 bits per heavy atom. The van der Waals surface area contributed by atoms with E-state index in [9.17, 15) is 4.79 Å². The van der Waals surface area contributed by atoms with E-state index in [0.29, 0.717) is 23.5 Å². The van der Waals surface area contributed by atoms with Gasteiger partial charge in [0.1, 0.15) is 12.4 Å². The topological polar surface area (TPSA) is 65.7 Å². The first kappa shape index (κ1) is 14.5. The van der Waals surface area contributed by atoms with E-state index in [0.717, 1.165) is 15.8 Å². The molecule has 0 saturated carbocycles. The molecule has 3 aromatic rings. The predicted octanol–water partition coefficient (Wildman–Crippen LogP) is 2.89. The number of hydrogen-bond donors (Lipinski definition) is 0. The maximum absolute atomic E-state index is 11.1. The Morgan fingerprint density at radius 3 is 3.05 bits per heavy atom. The van der Waals surface area contributed by atoms with Crippen LogP contribution in [0.4, 0.5) is 0 Å². The Kier molecular flexibility index (Phi) is 4.06. The van der Waals surface area contributed by atoms with Crippen LogP contribution >= 0.6 is 15.9 Å². The van der Waals surface area contributed by atoms with E-state index in [1.54, 1.807) is 0 Å². The molecule has 0 N–H and O–H groups in total. The van der Waals surface area contributed by atoms with E-state index in [4.69, 9.17) is 9.47 Å². The number of methoxy groups -OCH3 is 1. The quantitative estimate of drug-likeness (QED) is 0.653. The van der Waals surface area contributed by atoms with Crippen molar-refractivity contribution >= 4 is 27.9 Å². The van der Waals surface area contributed by atoms with Crippen LogP contribution in [-0.2, 0) is 6.61 Å². The second-order valence-electron chi connectivity index (χ2n) is 4.49. The van der Waals surface area contributed by atoms with Gasteiger partial charge in [0, 0.05) is 18.5 Å². The fourth-order valence-electron chi connectivity index (χ4n) is 2.01. The lowest BCUT2D eigenvalue weighted by molar-refractivity contribution is 0.111. The number of hydrogen-bond acceptors (Lipinski definition) is 5. The summed E-state index contributed by atoms with van der Waals surface area (Å²) in [6, 6.07) is 5.37. The number of fused-ring (bicyclic) bond motifs is 1. The molecule has 0 aromatic carbocycles. The molecular weight excluding hydrogens is 350 g/mol. The van der Waals surface area contributed by atoms with Crippen molar-refractivity contribution in [1.82, 2.24) is 14.4 Å². The Bertz CT molecular complexity index is 832. The third-order valence-corrected chi connectivity index (χ3v) is 3.69. The maximum atomic E-state index is 11.1. The lowest BCUT2D eigenvalue weighted by atomic mass is 10.2. The fraction of sp³-hybridized carbons (Fsp3) is 0.133. The van der Waals surface area contributed by atoms with Crippen molar-refractivity contribution in [2.75, 3.05) is 7.11 Å². The van der Waals surface area contributed by atoms with Crippen LogP contribution in [0.3, 0.4) is 0 Å². The minimum atomic E-state index is 0.239. The summed E-state index contributed by atoms with van der Waals surface area (Å²) in [5.41, 5.74) is 1.95. The molecule has 0 bridgehead atoms. The molecule has 0 fully saturated rings. The van der Waals surface area contributed by atoms with Crippen molar-refractivity contribution in [3.63, 3.8) is 0 Å². The smallest absolute Gasteiger partial charge is 0.213 e. The molecule has 0 aliphatic carbocycles. The Balaban J connectivity index is 1.82. The van der Waals surface area contributed by atoms with E-state index in [-0.39, 0.29) is 6.61 Å². The molecule has 0 atom stereocenters. The standard InChI is InChI=1S/C15H12BrN3O3/c1-21-14-5-10(8-20)13(6-17-14)22-9-11-7-19-4-2-3-12(16)15(19)18-11/h2-8H,9H2,1H3. The summed E-state index contributed by atoms with van der Waals surface area (Å²) in [4.78, 5) is 19.6. The number of imidazole rings is 1. The molecule has 0 amide bonds. The zero-order valence-corrected chi connectivity index (χ0v) is 13.3. The highest BCUT2D eigenvalue weighted by molar-refractivity contribution is 9.10. The molecule has 0 unspecified atom stereocenters. The van der Waals surface area contributed by atoms with E-state index < -0.39 is 0 Å². The molecule has 3 aromatic heterocycles. The van der Waals surface area contributed by atoms with Crippen LogP contribution in [0.2, 0.25) is 0 Å². The Labute approximate surface area is 134 Å². The van der Waals surface area contributed by atoms with E-state index >= 15 is 0 Å². The van der Waals surface area contributed by atoms with Gasteiger partial charge in [-0.3, -0.25) is 4.79 Å². The molecule has 22 heavy (non-hydrogen) atoms. The first-order chi connectivity index (χ1) is 10.7. The van der Waals surface area contributed by atoms with Crippen LogP contribution in [0.25, 0.3) is 5.65 Å². The zero-order chi connectivity index (χ0) is 15.5. The minimum Gasteiger partial charge on any atom is -0.485 e. The van der Waals surface area contributed by atoms with Crippen LogP contribution in [0.15, 0.2) is 41.3 Å². The van der Waals surface area contributed by atoms with Crippen molar-refractivity contribution in [1.29, 1.82) is 0 Å². The van der Waals surface area contributed by atoms with Gasteiger partial charge in [-0.15, -0.1) is 0 Å². The van der Waals surface area contributed by atoms with Gasteiger partial charge in [-0.2, -0.15) is 0 Å². The van der Waals surface area contributed by atoms with Gasteiger partial charge in [-0.1, -0.05) is 0 Å². The van der Waals surface area contributed by atoms with Gasteiger partial charge < -0.3 is 13.9 Å². The number of nitrogens with zero attached hydrogens (tertiary/aromatic N) is 3. The van der Waals surface area contributed by atoms with Gasteiger partial charge in [-0.25, -0.2) is 9.97 Å². The van der Waals surface area contributed by atoms with Gasteiger partial charge in [-0.05, 0) is 28.1 Å². The second kappa shape index (κ2) is 6.15. The minimum absolute atomic E-state index is 0.239. The summed E-state index contributed by atoms with van der Waals surface area (Å²) in [7, 11) is 1.49. The van der Waals surface area contributed by atoms with Gasteiger partial charge in [0.2, 0.25) is 5.88 Å². The van der Waals surface area contributed by atoms with Crippen LogP contribution in [0, 0.1) is 0 Å². The summed E-state index contributed by atoms with van der Waals surface area (Å²) in [5, 5.41) is 0. The summed E-state index contributed by atoms with van der Waals surface area (Å²) >= 11 is 3.45. The number of carbonyl (C=O) groups excluding carboxylic acids is 1. The number of rotatable bonds is 5. The molecule has 7 heteroatoms. The summed E-state index contributed by atoms with van der Waals surface area (Å²) in [5.74, 6) is 0.762. The molecule has 3 heterocycles. The molecule has 6 nitrogen and oxygen atoms in total. The van der Waals surface area contributed by atoms with Gasteiger partial charge in [0.05, 0.1) is 29.0 Å². The highest BCUT2D eigenvalue weighted by Gasteiger charge is 2.09. The maximum Gasteiger partial charge on any atom is 0.213 e. The molecular formula is C15H12BrN3O3. The SMILES string of the molecule is COc1cc(C=O)c(OCc2cn3cccc(Br)c3n2)cn1. The summed E-state index contributed by atoms with van der Waals surface area (Å²) in [6.07, 6.45) is 5.95. The van der Waals surface area contributed by atoms with Crippen molar-refractivity contribution in [2.24, 2.45) is 0 Å². The van der Waals surface area contributed by atoms with Crippen LogP contribution < -0.4 is 9.47 Å². The highest BCUT2D eigenvalue weighted by Crippen LogP contribution is 2.22. The van der Waals surface area contributed by atoms with Crippen molar-refractivity contribution in [3.05, 3.63) is 52.5 Å². The van der Waals surface area contributed by atoms with E-state index in [2.05, 4.69) is 25.9 Å². The van der Waals surface area contributed by atoms with Crippen LogP contribution in [0.5, 0.6) is 11.6 Å². The molecule has 0 spiro atoms. The van der Waals surface area contributed by atoms with Crippen LogP contribution in [0.1, 0.15) is 16.1 Å². The second-order valence-corrected chi connectivity index (χ2v) is 5.34. The van der Waals surface area contributed by atoms with Crippen molar-refractivity contribution in [3.8, 4) is 11.6 Å². The average Bonchev–Trinajstić information content (AvgIpc) is 2.97. The molecule has 0 saturated heterocycles. The average molecular weight is 362 g/mol. The Hall–Kier alpha value is -2.41. The first-order valence-electron chi connectivity index (χ1n) is 6.45. The molecule has 0 radical (unpaired) electrons. The number of aldehydes is 1. The highest BCUT2D eigenvalue weighted by atomic mass is 79.9. The number of aromatic nitrogens is 3. The number of carbonyl (C=O) groups is 1. The molecule has 0 aliphatic rings. The first-order valence-corrected chi connectivity index (χ1v) is 7.24. The largest absolute Gasteiger partial charge is 0.485 e. The summed E-state index contributed by atoms with van der Waals surface area (Å²) < 4.78 is 13.4. The molecule has 3 rings (SSSR count).